The molecule has 0 heterocycles. The summed E-state index contributed by atoms with van der Waals surface area (Å²) < 4.78 is 17.3. The molecule has 0 aliphatic heterocycles. The number of unbranched alkanes of at least 4 members (excludes halogenated alkanes) is 8. The van der Waals surface area contributed by atoms with Gasteiger partial charge in [-0.2, -0.15) is 0 Å². The van der Waals surface area contributed by atoms with Crippen molar-refractivity contribution in [2.24, 2.45) is 0 Å². The van der Waals surface area contributed by atoms with Gasteiger partial charge >= 0.3 is 5.97 Å². The Morgan fingerprint density at radius 1 is 0.595 bits per heavy atom. The van der Waals surface area contributed by atoms with Crippen molar-refractivity contribution in [3.8, 4) is 17.2 Å². The van der Waals surface area contributed by atoms with Gasteiger partial charge in [0.25, 0.3) is 0 Å². The first-order chi connectivity index (χ1) is 17.9. The fraction of sp³-hybridized carbons (Fsp3) is 0.594. The third-order valence-corrected chi connectivity index (χ3v) is 10.3. The van der Waals surface area contributed by atoms with Gasteiger partial charge in [-0.05, 0) is 61.4 Å². The number of carbonyl (C=O) groups excluding carboxylic acids is 1. The van der Waals surface area contributed by atoms with Crippen LogP contribution in [0.2, 0.25) is 25.2 Å². The first-order valence-electron chi connectivity index (χ1n) is 14.6. The van der Waals surface area contributed by atoms with E-state index in [1.165, 1.54) is 69.9 Å². The van der Waals surface area contributed by atoms with Crippen LogP contribution in [-0.4, -0.2) is 27.3 Å². The maximum Gasteiger partial charge on any atom is 0.343 e. The molecule has 0 aliphatic rings. The Morgan fingerprint density at radius 3 is 1.65 bits per heavy atom. The number of hydrogen-bond acceptors (Lipinski definition) is 4. The van der Waals surface area contributed by atoms with Crippen molar-refractivity contribution < 1.29 is 19.0 Å². The highest BCUT2D eigenvalue weighted by atomic mass is 28.3. The molecule has 0 aliphatic carbocycles. The fourth-order valence-electron chi connectivity index (χ4n) is 4.40. The molecule has 0 amide bonds. The molecule has 0 spiro atoms. The summed E-state index contributed by atoms with van der Waals surface area (Å²) in [6.45, 7) is 10.9. The molecule has 0 bridgehead atoms. The van der Waals surface area contributed by atoms with E-state index in [1.807, 2.05) is 24.3 Å². The molecule has 206 valence electrons. The lowest BCUT2D eigenvalue weighted by molar-refractivity contribution is 0.0734. The van der Waals surface area contributed by atoms with Crippen molar-refractivity contribution in [2.75, 3.05) is 13.2 Å². The lowest BCUT2D eigenvalue weighted by atomic mass is 10.1. The van der Waals surface area contributed by atoms with E-state index in [-0.39, 0.29) is 5.97 Å². The highest BCUT2D eigenvalue weighted by Gasteiger charge is 2.19. The summed E-state index contributed by atoms with van der Waals surface area (Å²) in [7, 11) is -1.09. The summed E-state index contributed by atoms with van der Waals surface area (Å²) in [5.74, 6) is 1.74. The Labute approximate surface area is 227 Å². The molecule has 4 nitrogen and oxygen atoms in total. The first kappa shape index (κ1) is 30.9. The SMILES string of the molecule is CCCCCCCCCCOc1ccc(C(=O)Oc2ccc(OCCC[Si](C)(C)CCCC)cc2)cc1. The molecule has 2 rings (SSSR count). The molecule has 0 unspecified atom stereocenters. The highest BCUT2D eigenvalue weighted by Crippen LogP contribution is 2.23. The summed E-state index contributed by atoms with van der Waals surface area (Å²) in [6, 6.07) is 17.2. The topological polar surface area (TPSA) is 44.8 Å². The van der Waals surface area contributed by atoms with Gasteiger partial charge in [0.2, 0.25) is 0 Å². The summed E-state index contributed by atoms with van der Waals surface area (Å²) in [4.78, 5) is 12.5. The molecule has 37 heavy (non-hydrogen) atoms. The van der Waals surface area contributed by atoms with Gasteiger partial charge in [-0.3, -0.25) is 0 Å². The van der Waals surface area contributed by atoms with Crippen molar-refractivity contribution in [3.63, 3.8) is 0 Å². The average Bonchev–Trinajstić information content (AvgIpc) is 2.90. The molecule has 0 N–H and O–H groups in total. The lowest BCUT2D eigenvalue weighted by Gasteiger charge is -2.22. The molecule has 2 aromatic rings. The molecule has 5 heteroatoms. The van der Waals surface area contributed by atoms with E-state index in [0.717, 1.165) is 30.9 Å². The van der Waals surface area contributed by atoms with Gasteiger partial charge in [0.15, 0.2) is 0 Å². The quantitative estimate of drug-likeness (QED) is 0.0745. The van der Waals surface area contributed by atoms with E-state index in [1.54, 1.807) is 24.3 Å². The van der Waals surface area contributed by atoms with Crippen LogP contribution in [0.1, 0.15) is 94.8 Å². The van der Waals surface area contributed by atoms with Gasteiger partial charge in [-0.25, -0.2) is 4.79 Å². The number of benzene rings is 2. The van der Waals surface area contributed by atoms with Gasteiger partial charge in [0, 0.05) is 8.07 Å². The normalized spacial score (nSPS) is 11.4. The first-order valence-corrected chi connectivity index (χ1v) is 18.0. The van der Waals surface area contributed by atoms with E-state index in [4.69, 9.17) is 14.2 Å². The van der Waals surface area contributed by atoms with Crippen molar-refractivity contribution in [3.05, 3.63) is 54.1 Å². The van der Waals surface area contributed by atoms with Crippen LogP contribution in [0.5, 0.6) is 17.2 Å². The van der Waals surface area contributed by atoms with Gasteiger partial charge < -0.3 is 14.2 Å². The Kier molecular flexibility index (Phi) is 15.1. The number of hydrogen-bond donors (Lipinski definition) is 0. The fourth-order valence-corrected chi connectivity index (χ4v) is 7.07. The van der Waals surface area contributed by atoms with E-state index in [9.17, 15) is 4.79 Å². The zero-order valence-corrected chi connectivity index (χ0v) is 24.9. The van der Waals surface area contributed by atoms with Gasteiger partial charge in [-0.15, -0.1) is 0 Å². The molecule has 2 aromatic carbocycles. The van der Waals surface area contributed by atoms with Crippen LogP contribution in [0.25, 0.3) is 0 Å². The Hall–Kier alpha value is -2.27. The summed E-state index contributed by atoms with van der Waals surface area (Å²) in [5.41, 5.74) is 0.509. The van der Waals surface area contributed by atoms with E-state index in [2.05, 4.69) is 26.9 Å². The maximum atomic E-state index is 12.5. The minimum absolute atomic E-state index is 0.373. The third-order valence-electron chi connectivity index (χ3n) is 6.86. The Morgan fingerprint density at radius 2 is 1.05 bits per heavy atom. The van der Waals surface area contributed by atoms with E-state index < -0.39 is 8.07 Å². The second-order valence-corrected chi connectivity index (χ2v) is 16.3. The molecular weight excluding hydrogens is 476 g/mol. The molecule has 0 fully saturated rings. The smallest absolute Gasteiger partial charge is 0.343 e. The van der Waals surface area contributed by atoms with Gasteiger partial charge in [0.05, 0.1) is 18.8 Å². The number of esters is 1. The predicted molar refractivity (Wildman–Crippen MR) is 158 cm³/mol. The molecule has 0 saturated carbocycles. The highest BCUT2D eigenvalue weighted by molar-refractivity contribution is 6.77. The zero-order valence-electron chi connectivity index (χ0n) is 23.9. The maximum absolute atomic E-state index is 12.5. The van der Waals surface area contributed by atoms with Crippen LogP contribution < -0.4 is 14.2 Å². The van der Waals surface area contributed by atoms with Crippen molar-refractivity contribution in [2.45, 2.75) is 110 Å². The predicted octanol–water partition coefficient (Wildman–Crippen LogP) is 9.70. The molecular formula is C32H50O4Si. The van der Waals surface area contributed by atoms with Crippen molar-refractivity contribution in [1.82, 2.24) is 0 Å². The van der Waals surface area contributed by atoms with Gasteiger partial charge in [-0.1, -0.05) is 96.8 Å². The number of ether oxygens (including phenoxy) is 3. The Balaban J connectivity index is 1.64. The van der Waals surface area contributed by atoms with Gasteiger partial charge in [0.1, 0.15) is 17.2 Å². The molecule has 0 saturated heterocycles. The monoisotopic (exact) mass is 526 g/mol. The zero-order chi connectivity index (χ0) is 26.8. The molecule has 0 radical (unpaired) electrons. The van der Waals surface area contributed by atoms with E-state index in [0.29, 0.717) is 17.9 Å². The number of rotatable bonds is 20. The Bertz CT molecular complexity index is 861. The standard InChI is InChI=1S/C32H50O4Si/c1-5-7-9-10-11-12-13-14-24-34-29-18-16-28(17-19-29)32(33)36-31-22-20-30(21-23-31)35-25-15-27-37(3,4)26-8-6-2/h16-23H,5-15,24-27H2,1-4H3. The van der Waals surface area contributed by atoms with Crippen molar-refractivity contribution in [1.29, 1.82) is 0 Å². The summed E-state index contributed by atoms with van der Waals surface area (Å²) >= 11 is 0. The van der Waals surface area contributed by atoms with Crippen LogP contribution in [0.4, 0.5) is 0 Å². The largest absolute Gasteiger partial charge is 0.494 e. The van der Waals surface area contributed by atoms with Crippen LogP contribution >= 0.6 is 0 Å². The number of carbonyl (C=O) groups is 1. The van der Waals surface area contributed by atoms with Crippen molar-refractivity contribution >= 4 is 14.0 Å². The second kappa shape index (κ2) is 18.1. The van der Waals surface area contributed by atoms with E-state index >= 15 is 0 Å². The van der Waals surface area contributed by atoms with Crippen LogP contribution in [0, 0.1) is 0 Å². The lowest BCUT2D eigenvalue weighted by Crippen LogP contribution is -2.25. The summed E-state index contributed by atoms with van der Waals surface area (Å²) in [6.07, 6.45) is 14.0. The molecule has 0 atom stereocenters. The van der Waals surface area contributed by atoms with Crippen LogP contribution in [0.3, 0.4) is 0 Å². The average molecular weight is 527 g/mol. The minimum atomic E-state index is -1.09. The minimum Gasteiger partial charge on any atom is -0.494 e. The second-order valence-electron chi connectivity index (χ2n) is 10.9. The molecule has 0 aromatic heterocycles. The third kappa shape index (κ3) is 13.7. The van der Waals surface area contributed by atoms with Crippen LogP contribution in [0.15, 0.2) is 48.5 Å². The van der Waals surface area contributed by atoms with Crippen LogP contribution in [-0.2, 0) is 0 Å². The summed E-state index contributed by atoms with van der Waals surface area (Å²) in [5, 5.41) is 0.